The van der Waals surface area contributed by atoms with E-state index in [4.69, 9.17) is 5.11 Å². The fourth-order valence-corrected chi connectivity index (χ4v) is 2.96. The fourth-order valence-electron chi connectivity index (χ4n) is 1.31. The molecule has 0 fully saturated rings. The van der Waals surface area contributed by atoms with Gasteiger partial charge in [0.05, 0.1) is 12.9 Å². The van der Waals surface area contributed by atoms with Crippen LogP contribution < -0.4 is 4.72 Å². The summed E-state index contributed by atoms with van der Waals surface area (Å²) in [4.78, 5) is 22.0. The summed E-state index contributed by atoms with van der Waals surface area (Å²) in [6, 6.07) is -1.32. The maximum atomic E-state index is 11.8. The van der Waals surface area contributed by atoms with Crippen LogP contribution in [0.15, 0.2) is 0 Å². The van der Waals surface area contributed by atoms with Gasteiger partial charge in [-0.15, -0.1) is 0 Å². The van der Waals surface area contributed by atoms with Gasteiger partial charge in [0.2, 0.25) is 10.0 Å². The first kappa shape index (κ1) is 18.9. The third-order valence-corrected chi connectivity index (χ3v) is 3.99. The molecular formula is C12H23NO6S. The number of carboxylic acid groups (broad SMARTS) is 1. The van der Waals surface area contributed by atoms with Crippen molar-refractivity contribution in [2.45, 2.75) is 46.1 Å². The van der Waals surface area contributed by atoms with Gasteiger partial charge in [0, 0.05) is 6.42 Å². The fraction of sp³-hybridized carbons (Fsp3) is 0.833. The van der Waals surface area contributed by atoms with E-state index >= 15 is 0 Å². The van der Waals surface area contributed by atoms with Crippen LogP contribution in [0.5, 0.6) is 0 Å². The molecule has 0 aromatic carbocycles. The molecule has 118 valence electrons. The average molecular weight is 309 g/mol. The van der Waals surface area contributed by atoms with Gasteiger partial charge >= 0.3 is 11.9 Å². The van der Waals surface area contributed by atoms with Crippen molar-refractivity contribution in [3.63, 3.8) is 0 Å². The van der Waals surface area contributed by atoms with Crippen molar-refractivity contribution in [1.82, 2.24) is 4.72 Å². The summed E-state index contributed by atoms with van der Waals surface area (Å²) in [5, 5.41) is 8.97. The van der Waals surface area contributed by atoms with Crippen LogP contribution in [0.4, 0.5) is 0 Å². The Hall–Kier alpha value is -1.15. The lowest BCUT2D eigenvalue weighted by Gasteiger charge is -2.19. The number of carbonyl (C=O) groups excluding carboxylic acids is 1. The number of carboxylic acids is 1. The number of hydrogen-bond donors (Lipinski definition) is 2. The van der Waals surface area contributed by atoms with E-state index in [-0.39, 0.29) is 24.0 Å². The van der Waals surface area contributed by atoms with Crippen molar-refractivity contribution >= 4 is 22.0 Å². The van der Waals surface area contributed by atoms with Crippen LogP contribution in [-0.2, 0) is 24.3 Å². The molecule has 0 rings (SSSR count). The van der Waals surface area contributed by atoms with E-state index in [2.05, 4.69) is 9.46 Å². The Bertz CT molecular complexity index is 437. The Morgan fingerprint density at radius 1 is 1.30 bits per heavy atom. The first-order chi connectivity index (χ1) is 8.97. The third-order valence-electron chi connectivity index (χ3n) is 2.61. The molecule has 2 N–H and O–H groups in total. The van der Waals surface area contributed by atoms with Crippen LogP contribution >= 0.6 is 0 Å². The van der Waals surface area contributed by atoms with Gasteiger partial charge in [-0.2, -0.15) is 0 Å². The highest BCUT2D eigenvalue weighted by Crippen LogP contribution is 2.19. The Morgan fingerprint density at radius 2 is 1.85 bits per heavy atom. The zero-order valence-electron chi connectivity index (χ0n) is 12.3. The summed E-state index contributed by atoms with van der Waals surface area (Å²) in [5.41, 5.74) is -0.167. The van der Waals surface area contributed by atoms with Gasteiger partial charge in [-0.25, -0.2) is 13.1 Å². The Labute approximate surface area is 119 Å². The van der Waals surface area contributed by atoms with E-state index in [0.717, 1.165) is 0 Å². The highest BCUT2D eigenvalue weighted by atomic mass is 32.2. The van der Waals surface area contributed by atoms with Crippen LogP contribution in [0.25, 0.3) is 0 Å². The largest absolute Gasteiger partial charge is 0.480 e. The van der Waals surface area contributed by atoms with Crippen molar-refractivity contribution in [3.05, 3.63) is 0 Å². The molecule has 0 aliphatic rings. The predicted molar refractivity (Wildman–Crippen MR) is 73.7 cm³/mol. The highest BCUT2D eigenvalue weighted by molar-refractivity contribution is 7.89. The summed E-state index contributed by atoms with van der Waals surface area (Å²) in [6.45, 7) is 5.69. The normalized spacial score (nSPS) is 13.8. The number of methoxy groups -OCH3 is 1. The van der Waals surface area contributed by atoms with Gasteiger partial charge in [0.1, 0.15) is 6.04 Å². The number of nitrogens with one attached hydrogen (secondary N) is 1. The smallest absolute Gasteiger partial charge is 0.321 e. The van der Waals surface area contributed by atoms with E-state index < -0.39 is 28.0 Å². The van der Waals surface area contributed by atoms with E-state index in [1.165, 1.54) is 7.11 Å². The summed E-state index contributed by atoms with van der Waals surface area (Å²) >= 11 is 0. The minimum atomic E-state index is -3.70. The summed E-state index contributed by atoms with van der Waals surface area (Å²) in [5.74, 6) is -2.04. The monoisotopic (exact) mass is 309 g/mol. The third kappa shape index (κ3) is 8.87. The van der Waals surface area contributed by atoms with E-state index in [0.29, 0.717) is 6.42 Å². The molecule has 0 aliphatic heterocycles. The second-order valence-electron chi connectivity index (χ2n) is 5.75. The molecule has 8 heteroatoms. The lowest BCUT2D eigenvalue weighted by atomic mass is 9.94. The molecule has 0 aromatic rings. The van der Waals surface area contributed by atoms with Gasteiger partial charge in [-0.1, -0.05) is 20.8 Å². The van der Waals surface area contributed by atoms with Crippen LogP contribution in [0.1, 0.15) is 40.0 Å². The molecule has 0 saturated heterocycles. The molecule has 0 aromatic heterocycles. The van der Waals surface area contributed by atoms with E-state index in [1.54, 1.807) is 0 Å². The number of aliphatic carboxylic acids is 1. The molecule has 0 saturated carbocycles. The first-order valence-electron chi connectivity index (χ1n) is 6.26. The number of carbonyl (C=O) groups is 2. The van der Waals surface area contributed by atoms with Gasteiger partial charge < -0.3 is 9.84 Å². The Kier molecular flexibility index (Phi) is 7.15. The van der Waals surface area contributed by atoms with Crippen molar-refractivity contribution < 1.29 is 27.9 Å². The molecule has 7 nitrogen and oxygen atoms in total. The first-order valence-corrected chi connectivity index (χ1v) is 7.92. The Morgan fingerprint density at radius 3 is 2.25 bits per heavy atom. The second kappa shape index (κ2) is 7.58. The number of ether oxygens (including phenoxy) is 1. The molecule has 0 unspecified atom stereocenters. The van der Waals surface area contributed by atoms with E-state index in [1.807, 2.05) is 20.8 Å². The molecule has 20 heavy (non-hydrogen) atoms. The van der Waals surface area contributed by atoms with Gasteiger partial charge in [0.15, 0.2) is 0 Å². The van der Waals surface area contributed by atoms with Crippen molar-refractivity contribution in [2.75, 3.05) is 12.9 Å². The number of rotatable bonds is 8. The van der Waals surface area contributed by atoms with Crippen LogP contribution in [0.2, 0.25) is 0 Å². The molecule has 0 heterocycles. The molecule has 0 aliphatic carbocycles. The Balaban J connectivity index is 4.57. The number of hydrogen-bond acceptors (Lipinski definition) is 5. The van der Waals surface area contributed by atoms with Gasteiger partial charge in [0.25, 0.3) is 0 Å². The molecule has 0 radical (unpaired) electrons. The molecule has 0 bridgehead atoms. The van der Waals surface area contributed by atoms with Crippen molar-refractivity contribution in [2.24, 2.45) is 5.41 Å². The standard InChI is InChI=1S/C12H23NO6S/c1-12(2,3)7-8-20(17,18)13-9(11(15)16)5-6-10(14)19-4/h9,13H,5-8H2,1-4H3,(H,15,16)/t9-/m1/s1. The quantitative estimate of drug-likeness (QED) is 0.640. The van der Waals surface area contributed by atoms with Gasteiger partial charge in [-0.3, -0.25) is 9.59 Å². The minimum Gasteiger partial charge on any atom is -0.480 e. The minimum absolute atomic E-state index is 0.142. The summed E-state index contributed by atoms with van der Waals surface area (Å²) in [6.07, 6.45) is 0.109. The number of sulfonamides is 1. The lowest BCUT2D eigenvalue weighted by molar-refractivity contribution is -0.142. The molecule has 0 spiro atoms. The molecule has 0 amide bonds. The number of esters is 1. The summed E-state index contributed by atoms with van der Waals surface area (Å²) in [7, 11) is -2.51. The SMILES string of the molecule is COC(=O)CC[C@@H](NS(=O)(=O)CCC(C)(C)C)C(=O)O. The van der Waals surface area contributed by atoms with Crippen LogP contribution in [0.3, 0.4) is 0 Å². The average Bonchev–Trinajstić information content (AvgIpc) is 2.30. The van der Waals surface area contributed by atoms with Crippen molar-refractivity contribution in [3.8, 4) is 0 Å². The zero-order chi connectivity index (χ0) is 16.0. The van der Waals surface area contributed by atoms with Crippen LogP contribution in [0, 0.1) is 5.41 Å². The predicted octanol–water partition coefficient (Wildman–Crippen LogP) is 0.748. The van der Waals surface area contributed by atoms with Gasteiger partial charge in [-0.05, 0) is 18.3 Å². The maximum absolute atomic E-state index is 11.8. The zero-order valence-corrected chi connectivity index (χ0v) is 13.1. The van der Waals surface area contributed by atoms with Crippen molar-refractivity contribution in [1.29, 1.82) is 0 Å². The van der Waals surface area contributed by atoms with Crippen LogP contribution in [-0.4, -0.2) is 44.4 Å². The lowest BCUT2D eigenvalue weighted by Crippen LogP contribution is -2.42. The molecular weight excluding hydrogens is 286 g/mol. The second-order valence-corrected chi connectivity index (χ2v) is 7.63. The van der Waals surface area contributed by atoms with E-state index in [9.17, 15) is 18.0 Å². The topological polar surface area (TPSA) is 110 Å². The highest BCUT2D eigenvalue weighted by Gasteiger charge is 2.26. The molecule has 1 atom stereocenters. The maximum Gasteiger partial charge on any atom is 0.321 e. The summed E-state index contributed by atoms with van der Waals surface area (Å²) < 4.78 is 30.1.